The summed E-state index contributed by atoms with van der Waals surface area (Å²) in [6.07, 6.45) is 3.59. The molecular weight excluding hydrogens is 226 g/mol. The van der Waals surface area contributed by atoms with E-state index in [4.69, 9.17) is 4.74 Å². The van der Waals surface area contributed by atoms with Gasteiger partial charge in [-0.25, -0.2) is 4.79 Å². The summed E-state index contributed by atoms with van der Waals surface area (Å²) in [5, 5.41) is 0. The molecule has 1 aliphatic rings. The van der Waals surface area contributed by atoms with Crippen molar-refractivity contribution in [2.24, 2.45) is 5.92 Å². The van der Waals surface area contributed by atoms with Gasteiger partial charge in [-0.3, -0.25) is 0 Å². The first-order valence-electron chi connectivity index (χ1n) is 6.75. The van der Waals surface area contributed by atoms with E-state index < -0.39 is 0 Å². The van der Waals surface area contributed by atoms with E-state index in [0.29, 0.717) is 6.61 Å². The highest BCUT2D eigenvalue weighted by atomic mass is 16.6. The first kappa shape index (κ1) is 12.9. The number of rotatable bonds is 6. The molecule has 0 N–H and O–H groups in total. The lowest BCUT2D eigenvalue weighted by Gasteiger charge is -2.20. The summed E-state index contributed by atoms with van der Waals surface area (Å²) < 4.78 is 5.32. The standard InChI is InChI=1S/C15H21NO2/c1-2-16(11-10-13-8-9-13)15(17)18-12-14-6-4-3-5-7-14/h3-7,13H,2,8-12H2,1H3. The Hall–Kier alpha value is -1.51. The average Bonchev–Trinajstić information content (AvgIpc) is 3.22. The van der Waals surface area contributed by atoms with Crippen LogP contribution in [0.15, 0.2) is 30.3 Å². The van der Waals surface area contributed by atoms with Crippen LogP contribution in [0.3, 0.4) is 0 Å². The van der Waals surface area contributed by atoms with Gasteiger partial charge in [0.15, 0.2) is 0 Å². The molecule has 0 heterocycles. The smallest absolute Gasteiger partial charge is 0.410 e. The summed E-state index contributed by atoms with van der Waals surface area (Å²) in [4.78, 5) is 13.7. The van der Waals surface area contributed by atoms with Gasteiger partial charge in [0.05, 0.1) is 0 Å². The summed E-state index contributed by atoms with van der Waals surface area (Å²) in [6.45, 7) is 3.91. The van der Waals surface area contributed by atoms with Crippen LogP contribution >= 0.6 is 0 Å². The van der Waals surface area contributed by atoms with Crippen molar-refractivity contribution in [3.63, 3.8) is 0 Å². The van der Waals surface area contributed by atoms with Crippen molar-refractivity contribution in [1.29, 1.82) is 0 Å². The Labute approximate surface area is 109 Å². The van der Waals surface area contributed by atoms with Gasteiger partial charge in [0.1, 0.15) is 6.61 Å². The van der Waals surface area contributed by atoms with Gasteiger partial charge >= 0.3 is 6.09 Å². The van der Waals surface area contributed by atoms with Crippen LogP contribution in [0.4, 0.5) is 4.79 Å². The molecule has 1 amide bonds. The van der Waals surface area contributed by atoms with E-state index in [1.165, 1.54) is 12.8 Å². The molecule has 1 saturated carbocycles. The second-order valence-corrected chi connectivity index (χ2v) is 4.85. The number of hydrogen-bond donors (Lipinski definition) is 0. The normalized spacial score (nSPS) is 14.3. The van der Waals surface area contributed by atoms with Crippen LogP contribution in [0.2, 0.25) is 0 Å². The second-order valence-electron chi connectivity index (χ2n) is 4.85. The van der Waals surface area contributed by atoms with Crippen molar-refractivity contribution >= 4 is 6.09 Å². The molecule has 1 aromatic carbocycles. The van der Waals surface area contributed by atoms with Crippen molar-refractivity contribution in [3.8, 4) is 0 Å². The lowest BCUT2D eigenvalue weighted by Crippen LogP contribution is -2.32. The van der Waals surface area contributed by atoms with Gasteiger partial charge in [-0.15, -0.1) is 0 Å². The van der Waals surface area contributed by atoms with Crippen molar-refractivity contribution in [3.05, 3.63) is 35.9 Å². The minimum Gasteiger partial charge on any atom is -0.445 e. The molecule has 18 heavy (non-hydrogen) atoms. The largest absolute Gasteiger partial charge is 0.445 e. The molecule has 0 unspecified atom stereocenters. The first-order valence-corrected chi connectivity index (χ1v) is 6.75. The Morgan fingerprint density at radius 2 is 2.06 bits per heavy atom. The van der Waals surface area contributed by atoms with E-state index in [1.807, 2.05) is 37.3 Å². The topological polar surface area (TPSA) is 29.5 Å². The monoisotopic (exact) mass is 247 g/mol. The fourth-order valence-corrected chi connectivity index (χ4v) is 1.93. The summed E-state index contributed by atoms with van der Waals surface area (Å²) in [6, 6.07) is 9.79. The third-order valence-corrected chi connectivity index (χ3v) is 3.35. The van der Waals surface area contributed by atoms with Crippen molar-refractivity contribution in [2.45, 2.75) is 32.8 Å². The molecule has 98 valence electrons. The maximum absolute atomic E-state index is 11.9. The Balaban J connectivity index is 1.74. The molecule has 0 aliphatic heterocycles. The molecule has 3 nitrogen and oxygen atoms in total. The van der Waals surface area contributed by atoms with Gasteiger partial charge < -0.3 is 9.64 Å². The molecular formula is C15H21NO2. The zero-order chi connectivity index (χ0) is 12.8. The molecule has 0 radical (unpaired) electrons. The molecule has 1 fully saturated rings. The number of ether oxygens (including phenoxy) is 1. The van der Waals surface area contributed by atoms with E-state index >= 15 is 0 Å². The van der Waals surface area contributed by atoms with E-state index in [0.717, 1.165) is 31.0 Å². The van der Waals surface area contributed by atoms with Gasteiger partial charge in [-0.05, 0) is 24.8 Å². The number of nitrogens with zero attached hydrogens (tertiary/aromatic N) is 1. The molecule has 0 saturated heterocycles. The number of hydrogen-bond acceptors (Lipinski definition) is 2. The number of benzene rings is 1. The summed E-state index contributed by atoms with van der Waals surface area (Å²) in [5.41, 5.74) is 1.03. The Morgan fingerprint density at radius 3 is 2.67 bits per heavy atom. The Morgan fingerprint density at radius 1 is 1.33 bits per heavy atom. The highest BCUT2D eigenvalue weighted by Gasteiger charge is 2.23. The average molecular weight is 247 g/mol. The van der Waals surface area contributed by atoms with Crippen molar-refractivity contribution in [1.82, 2.24) is 4.90 Å². The van der Waals surface area contributed by atoms with E-state index in [1.54, 1.807) is 4.90 Å². The number of carbonyl (C=O) groups excluding carboxylic acids is 1. The Kier molecular flexibility index (Phi) is 4.62. The van der Waals surface area contributed by atoms with Crippen LogP contribution in [0, 0.1) is 5.92 Å². The summed E-state index contributed by atoms with van der Waals surface area (Å²) >= 11 is 0. The third kappa shape index (κ3) is 4.06. The molecule has 0 aromatic heterocycles. The van der Waals surface area contributed by atoms with Crippen LogP contribution in [-0.2, 0) is 11.3 Å². The van der Waals surface area contributed by atoms with Gasteiger partial charge in [-0.1, -0.05) is 43.2 Å². The minimum atomic E-state index is -0.193. The first-order chi connectivity index (χ1) is 8.79. The van der Waals surface area contributed by atoms with Gasteiger partial charge in [0.2, 0.25) is 0 Å². The van der Waals surface area contributed by atoms with E-state index in [2.05, 4.69) is 0 Å². The molecule has 1 aliphatic carbocycles. The van der Waals surface area contributed by atoms with Crippen LogP contribution in [-0.4, -0.2) is 24.1 Å². The molecule has 0 bridgehead atoms. The predicted molar refractivity (Wildman–Crippen MR) is 71.2 cm³/mol. The highest BCUT2D eigenvalue weighted by molar-refractivity contribution is 5.67. The predicted octanol–water partition coefficient (Wildman–Crippen LogP) is 3.45. The van der Waals surface area contributed by atoms with Crippen molar-refractivity contribution < 1.29 is 9.53 Å². The molecule has 1 aromatic rings. The molecule has 0 spiro atoms. The van der Waals surface area contributed by atoms with Crippen molar-refractivity contribution in [2.75, 3.05) is 13.1 Å². The zero-order valence-corrected chi connectivity index (χ0v) is 11.0. The van der Waals surface area contributed by atoms with Crippen LogP contribution in [0.25, 0.3) is 0 Å². The summed E-state index contributed by atoms with van der Waals surface area (Å²) in [5.74, 6) is 0.848. The van der Waals surface area contributed by atoms with Gasteiger partial charge in [0, 0.05) is 13.1 Å². The quantitative estimate of drug-likeness (QED) is 0.770. The van der Waals surface area contributed by atoms with Gasteiger partial charge in [-0.2, -0.15) is 0 Å². The van der Waals surface area contributed by atoms with Crippen LogP contribution < -0.4 is 0 Å². The molecule has 2 rings (SSSR count). The van der Waals surface area contributed by atoms with Crippen LogP contribution in [0.1, 0.15) is 31.7 Å². The third-order valence-electron chi connectivity index (χ3n) is 3.35. The van der Waals surface area contributed by atoms with Crippen LogP contribution in [0.5, 0.6) is 0 Å². The Bertz CT molecular complexity index is 373. The molecule has 0 atom stereocenters. The lowest BCUT2D eigenvalue weighted by molar-refractivity contribution is 0.0971. The highest BCUT2D eigenvalue weighted by Crippen LogP contribution is 2.32. The van der Waals surface area contributed by atoms with E-state index in [9.17, 15) is 4.79 Å². The fourth-order valence-electron chi connectivity index (χ4n) is 1.93. The summed E-state index contributed by atoms with van der Waals surface area (Å²) in [7, 11) is 0. The maximum atomic E-state index is 11.9. The fraction of sp³-hybridized carbons (Fsp3) is 0.533. The SMILES string of the molecule is CCN(CCC1CC1)C(=O)OCc1ccccc1. The number of carbonyl (C=O) groups is 1. The second kappa shape index (κ2) is 6.43. The van der Waals surface area contributed by atoms with Gasteiger partial charge in [0.25, 0.3) is 0 Å². The minimum absolute atomic E-state index is 0.193. The molecule has 3 heteroatoms. The van der Waals surface area contributed by atoms with E-state index in [-0.39, 0.29) is 6.09 Å². The lowest BCUT2D eigenvalue weighted by atomic mass is 10.2. The maximum Gasteiger partial charge on any atom is 0.410 e. The number of amides is 1. The zero-order valence-electron chi connectivity index (χ0n) is 11.0.